The number of benzene rings is 1. The van der Waals surface area contributed by atoms with Gasteiger partial charge in [0.15, 0.2) is 0 Å². The molecule has 6 nitrogen and oxygen atoms in total. The molecule has 0 bridgehead atoms. The van der Waals surface area contributed by atoms with E-state index in [9.17, 15) is 9.59 Å². The predicted octanol–water partition coefficient (Wildman–Crippen LogP) is 1.64. The van der Waals surface area contributed by atoms with Crippen molar-refractivity contribution in [3.8, 4) is 0 Å². The van der Waals surface area contributed by atoms with Crippen LogP contribution in [0.4, 0.5) is 0 Å². The van der Waals surface area contributed by atoms with Crippen molar-refractivity contribution in [1.29, 1.82) is 0 Å². The molecule has 2 aromatic rings. The monoisotopic (exact) mass is 346 g/mol. The van der Waals surface area contributed by atoms with E-state index in [1.165, 1.54) is 0 Å². The first-order chi connectivity index (χ1) is 11.7. The van der Waals surface area contributed by atoms with Gasteiger partial charge in [0.05, 0.1) is 23.3 Å². The first-order valence-corrected chi connectivity index (χ1v) is 9.56. The summed E-state index contributed by atoms with van der Waals surface area (Å²) in [7, 11) is 0. The van der Waals surface area contributed by atoms with Crippen LogP contribution in [0, 0.1) is 0 Å². The van der Waals surface area contributed by atoms with Gasteiger partial charge in [-0.2, -0.15) is 11.8 Å². The topological polar surface area (TPSA) is 67.2 Å². The third-order valence-corrected chi connectivity index (χ3v) is 4.75. The normalized spacial score (nSPS) is 14.3. The molecule has 1 aliphatic rings. The zero-order valence-electron chi connectivity index (χ0n) is 13.8. The SMILES string of the molecule is CSCc1nc2ccccc2n1CC(=O)NCC(=O)N1CCCC1. The number of nitrogens with zero attached hydrogens (tertiary/aromatic N) is 3. The molecule has 24 heavy (non-hydrogen) atoms. The summed E-state index contributed by atoms with van der Waals surface area (Å²) in [6.45, 7) is 1.87. The summed E-state index contributed by atoms with van der Waals surface area (Å²) in [6.07, 6.45) is 4.12. The van der Waals surface area contributed by atoms with E-state index in [0.717, 1.165) is 48.5 Å². The lowest BCUT2D eigenvalue weighted by Gasteiger charge is -2.16. The first kappa shape index (κ1) is 16.8. The maximum atomic E-state index is 12.3. The zero-order valence-corrected chi connectivity index (χ0v) is 14.6. The molecule has 0 spiro atoms. The van der Waals surface area contributed by atoms with E-state index in [2.05, 4.69) is 10.3 Å². The lowest BCUT2D eigenvalue weighted by Crippen LogP contribution is -2.39. The van der Waals surface area contributed by atoms with Crippen LogP contribution in [0.5, 0.6) is 0 Å². The first-order valence-electron chi connectivity index (χ1n) is 8.16. The second kappa shape index (κ2) is 7.70. The maximum absolute atomic E-state index is 12.3. The Labute approximate surface area is 145 Å². The largest absolute Gasteiger partial charge is 0.345 e. The lowest BCUT2D eigenvalue weighted by atomic mass is 10.3. The molecule has 3 rings (SSSR count). The van der Waals surface area contributed by atoms with Gasteiger partial charge in [0.25, 0.3) is 0 Å². The number of carbonyl (C=O) groups is 2. The molecule has 1 aliphatic heterocycles. The van der Waals surface area contributed by atoms with Gasteiger partial charge in [-0.1, -0.05) is 12.1 Å². The van der Waals surface area contributed by atoms with E-state index in [-0.39, 0.29) is 24.9 Å². The summed E-state index contributed by atoms with van der Waals surface area (Å²) in [5, 5.41) is 2.75. The van der Waals surface area contributed by atoms with Crippen molar-refractivity contribution in [1.82, 2.24) is 19.8 Å². The summed E-state index contributed by atoms with van der Waals surface area (Å²) < 4.78 is 1.93. The van der Waals surface area contributed by atoms with Crippen LogP contribution in [-0.2, 0) is 21.9 Å². The summed E-state index contributed by atoms with van der Waals surface area (Å²) in [4.78, 5) is 30.7. The van der Waals surface area contributed by atoms with Gasteiger partial charge in [0, 0.05) is 13.1 Å². The van der Waals surface area contributed by atoms with Crippen LogP contribution >= 0.6 is 11.8 Å². The molecule has 2 amide bonds. The Kier molecular flexibility index (Phi) is 5.40. The number of thioether (sulfide) groups is 1. The van der Waals surface area contributed by atoms with Gasteiger partial charge < -0.3 is 14.8 Å². The number of para-hydroxylation sites is 2. The Morgan fingerprint density at radius 1 is 1.25 bits per heavy atom. The highest BCUT2D eigenvalue weighted by Gasteiger charge is 2.19. The van der Waals surface area contributed by atoms with E-state index in [0.29, 0.717) is 0 Å². The van der Waals surface area contributed by atoms with E-state index < -0.39 is 0 Å². The summed E-state index contributed by atoms with van der Waals surface area (Å²) in [5.41, 5.74) is 1.84. The minimum atomic E-state index is -0.159. The van der Waals surface area contributed by atoms with Crippen molar-refractivity contribution in [2.45, 2.75) is 25.1 Å². The number of aromatic nitrogens is 2. The fourth-order valence-corrected chi connectivity index (χ4v) is 3.47. The molecule has 1 aromatic heterocycles. The quantitative estimate of drug-likeness (QED) is 0.863. The Bertz CT molecular complexity index is 737. The minimum Gasteiger partial charge on any atom is -0.345 e. The van der Waals surface area contributed by atoms with Crippen molar-refractivity contribution in [3.05, 3.63) is 30.1 Å². The summed E-state index contributed by atoms with van der Waals surface area (Å²) in [6, 6.07) is 7.80. The van der Waals surface area contributed by atoms with Crippen LogP contribution in [0.2, 0.25) is 0 Å². The second-order valence-electron chi connectivity index (χ2n) is 5.90. The summed E-state index contributed by atoms with van der Waals surface area (Å²) in [5.74, 6) is 1.47. The van der Waals surface area contributed by atoms with Gasteiger partial charge in [0.2, 0.25) is 11.8 Å². The third-order valence-electron chi connectivity index (χ3n) is 4.20. The number of likely N-dealkylation sites (tertiary alicyclic amines) is 1. The van der Waals surface area contributed by atoms with E-state index in [4.69, 9.17) is 0 Å². The van der Waals surface area contributed by atoms with Crippen molar-refractivity contribution >= 4 is 34.6 Å². The van der Waals surface area contributed by atoms with Crippen molar-refractivity contribution in [2.75, 3.05) is 25.9 Å². The molecular formula is C17H22N4O2S. The van der Waals surface area contributed by atoms with Crippen molar-refractivity contribution in [3.63, 3.8) is 0 Å². The Hall–Kier alpha value is -2.02. The second-order valence-corrected chi connectivity index (χ2v) is 6.77. The maximum Gasteiger partial charge on any atom is 0.241 e. The molecule has 1 N–H and O–H groups in total. The number of hydrogen-bond donors (Lipinski definition) is 1. The third kappa shape index (κ3) is 3.72. The molecule has 0 aliphatic carbocycles. The molecule has 128 valence electrons. The van der Waals surface area contributed by atoms with Crippen molar-refractivity contribution < 1.29 is 9.59 Å². The van der Waals surface area contributed by atoms with Gasteiger partial charge in [-0.15, -0.1) is 0 Å². The fourth-order valence-electron chi connectivity index (χ4n) is 2.99. The molecular weight excluding hydrogens is 324 g/mol. The van der Waals surface area contributed by atoms with Gasteiger partial charge >= 0.3 is 0 Å². The van der Waals surface area contributed by atoms with E-state index >= 15 is 0 Å². The Morgan fingerprint density at radius 2 is 2.00 bits per heavy atom. The highest BCUT2D eigenvalue weighted by atomic mass is 32.2. The average Bonchev–Trinajstić information content (AvgIpc) is 3.22. The number of fused-ring (bicyclic) bond motifs is 1. The standard InChI is InChI=1S/C17H22N4O2S/c1-24-12-15-19-13-6-2-3-7-14(13)21(15)11-16(22)18-10-17(23)20-8-4-5-9-20/h2-3,6-7H,4-5,8-12H2,1H3,(H,18,22). The summed E-state index contributed by atoms with van der Waals surface area (Å²) >= 11 is 1.67. The molecule has 1 saturated heterocycles. The van der Waals surface area contributed by atoms with Crippen LogP contribution in [0.1, 0.15) is 18.7 Å². The number of amides is 2. The highest BCUT2D eigenvalue weighted by molar-refractivity contribution is 7.97. The molecule has 0 radical (unpaired) electrons. The fraction of sp³-hybridized carbons (Fsp3) is 0.471. The predicted molar refractivity (Wildman–Crippen MR) is 95.8 cm³/mol. The number of carbonyl (C=O) groups excluding carboxylic acids is 2. The molecule has 0 saturated carbocycles. The molecule has 0 atom stereocenters. The van der Waals surface area contributed by atoms with E-state index in [1.54, 1.807) is 11.8 Å². The van der Waals surface area contributed by atoms with E-state index in [1.807, 2.05) is 40.0 Å². The molecule has 1 aromatic carbocycles. The molecule has 7 heteroatoms. The lowest BCUT2D eigenvalue weighted by molar-refractivity contribution is -0.132. The molecule has 0 unspecified atom stereocenters. The minimum absolute atomic E-state index is 0.000626. The van der Waals surface area contributed by atoms with Crippen LogP contribution in [0.3, 0.4) is 0 Å². The Morgan fingerprint density at radius 3 is 2.75 bits per heavy atom. The van der Waals surface area contributed by atoms with Crippen LogP contribution in [0.25, 0.3) is 11.0 Å². The molecule has 2 heterocycles. The molecule has 1 fully saturated rings. The van der Waals surface area contributed by atoms with Gasteiger partial charge in [-0.05, 0) is 31.2 Å². The van der Waals surface area contributed by atoms with Gasteiger partial charge in [-0.25, -0.2) is 4.98 Å². The number of imidazole rings is 1. The van der Waals surface area contributed by atoms with Crippen LogP contribution < -0.4 is 5.32 Å². The average molecular weight is 346 g/mol. The number of nitrogens with one attached hydrogen (secondary N) is 1. The Balaban J connectivity index is 1.66. The highest BCUT2D eigenvalue weighted by Crippen LogP contribution is 2.18. The zero-order chi connectivity index (χ0) is 16.9. The number of rotatable bonds is 6. The number of hydrogen-bond acceptors (Lipinski definition) is 4. The smallest absolute Gasteiger partial charge is 0.241 e. The van der Waals surface area contributed by atoms with Crippen LogP contribution in [-0.4, -0.2) is 52.2 Å². The van der Waals surface area contributed by atoms with Gasteiger partial charge in [-0.3, -0.25) is 9.59 Å². The van der Waals surface area contributed by atoms with Crippen molar-refractivity contribution in [2.24, 2.45) is 0 Å². The van der Waals surface area contributed by atoms with Gasteiger partial charge in [0.1, 0.15) is 12.4 Å². The van der Waals surface area contributed by atoms with Crippen LogP contribution in [0.15, 0.2) is 24.3 Å².